The maximum absolute atomic E-state index is 13.3. The summed E-state index contributed by atoms with van der Waals surface area (Å²) in [6, 6.07) is 18.7. The molecule has 1 unspecified atom stereocenters. The normalized spacial score (nSPS) is 15.5. The van der Waals surface area contributed by atoms with Gasteiger partial charge in [-0.2, -0.15) is 0 Å². The number of amides is 2. The zero-order valence-corrected chi connectivity index (χ0v) is 21.4. The second kappa shape index (κ2) is 11.6. The Morgan fingerprint density at radius 1 is 1.03 bits per heavy atom. The minimum atomic E-state index is -0.397. The van der Waals surface area contributed by atoms with Crippen LogP contribution < -0.4 is 5.32 Å². The number of pyridine rings is 1. The highest BCUT2D eigenvalue weighted by molar-refractivity contribution is 5.96. The van der Waals surface area contributed by atoms with Crippen molar-refractivity contribution in [3.63, 3.8) is 0 Å². The van der Waals surface area contributed by atoms with Crippen molar-refractivity contribution in [2.45, 2.75) is 46.2 Å². The predicted octanol–water partition coefficient (Wildman–Crippen LogP) is 4.67. The molecule has 190 valence electrons. The van der Waals surface area contributed by atoms with Gasteiger partial charge < -0.3 is 15.0 Å². The number of hydrogen-bond donors (Lipinski definition) is 1. The van der Waals surface area contributed by atoms with Gasteiger partial charge in [-0.05, 0) is 61.2 Å². The summed E-state index contributed by atoms with van der Waals surface area (Å²) in [6.45, 7) is 6.50. The second-order valence-corrected chi connectivity index (χ2v) is 9.05. The van der Waals surface area contributed by atoms with E-state index < -0.39 is 5.97 Å². The van der Waals surface area contributed by atoms with Crippen molar-refractivity contribution in [2.75, 3.05) is 6.61 Å². The lowest BCUT2D eigenvalue weighted by Gasteiger charge is -2.35. The molecule has 2 amide bonds. The smallest absolute Gasteiger partial charge is 0.336 e. The first-order valence-electron chi connectivity index (χ1n) is 12.4. The van der Waals surface area contributed by atoms with Crippen molar-refractivity contribution in [2.24, 2.45) is 0 Å². The van der Waals surface area contributed by atoms with Crippen LogP contribution in [0.3, 0.4) is 0 Å². The van der Waals surface area contributed by atoms with Crippen molar-refractivity contribution in [3.05, 3.63) is 112 Å². The second-order valence-electron chi connectivity index (χ2n) is 9.05. The Hall–Kier alpha value is -4.26. The Morgan fingerprint density at radius 2 is 1.78 bits per heavy atom. The molecule has 0 fully saturated rings. The molecule has 7 nitrogen and oxygen atoms in total. The van der Waals surface area contributed by atoms with Crippen LogP contribution in [0.25, 0.3) is 0 Å². The fraction of sp³-hybridized carbons (Fsp3) is 0.267. The van der Waals surface area contributed by atoms with Crippen LogP contribution in [0.4, 0.5) is 0 Å². The molecule has 0 saturated heterocycles. The maximum Gasteiger partial charge on any atom is 0.336 e. The number of esters is 1. The van der Waals surface area contributed by atoms with Crippen LogP contribution in [-0.2, 0) is 27.4 Å². The van der Waals surface area contributed by atoms with Crippen LogP contribution in [0.15, 0.2) is 84.3 Å². The summed E-state index contributed by atoms with van der Waals surface area (Å²) in [5.41, 5.74) is 5.40. The summed E-state index contributed by atoms with van der Waals surface area (Å²) < 4.78 is 5.39. The average molecular weight is 498 g/mol. The number of rotatable bonds is 8. The quantitative estimate of drug-likeness (QED) is 0.457. The van der Waals surface area contributed by atoms with E-state index in [0.717, 1.165) is 22.3 Å². The number of aryl methyl sites for hydroxylation is 1. The lowest BCUT2D eigenvalue weighted by atomic mass is 9.81. The molecule has 3 aromatic rings. The molecular weight excluding hydrogens is 466 g/mol. The molecule has 1 aliphatic heterocycles. The highest BCUT2D eigenvalue weighted by Crippen LogP contribution is 2.38. The molecule has 0 radical (unpaired) electrons. The molecule has 2 heterocycles. The summed E-state index contributed by atoms with van der Waals surface area (Å²) in [5, 5.41) is 2.88. The summed E-state index contributed by atoms with van der Waals surface area (Å²) in [5.74, 6) is -0.996. The lowest BCUT2D eigenvalue weighted by Crippen LogP contribution is -2.38. The monoisotopic (exact) mass is 497 g/mol. The van der Waals surface area contributed by atoms with Gasteiger partial charge in [0.25, 0.3) is 5.91 Å². The first kappa shape index (κ1) is 25.8. The number of nitrogens with zero attached hydrogens (tertiary/aromatic N) is 2. The first-order valence-corrected chi connectivity index (χ1v) is 12.4. The Morgan fingerprint density at radius 3 is 2.46 bits per heavy atom. The number of aromatic nitrogens is 1. The zero-order valence-electron chi connectivity index (χ0n) is 21.4. The topological polar surface area (TPSA) is 88.6 Å². The van der Waals surface area contributed by atoms with Crippen LogP contribution >= 0.6 is 0 Å². The van der Waals surface area contributed by atoms with Gasteiger partial charge in [0.2, 0.25) is 5.91 Å². The number of nitrogens with one attached hydrogen (secondary N) is 1. The number of carbonyl (C=O) groups excluding carboxylic acids is 3. The minimum Gasteiger partial charge on any atom is -0.463 e. The van der Waals surface area contributed by atoms with Gasteiger partial charge in [0, 0.05) is 42.5 Å². The summed E-state index contributed by atoms with van der Waals surface area (Å²) in [6.07, 6.45) is 3.58. The third-order valence-electron chi connectivity index (χ3n) is 6.61. The van der Waals surface area contributed by atoms with E-state index in [9.17, 15) is 14.4 Å². The van der Waals surface area contributed by atoms with Gasteiger partial charge in [-0.25, -0.2) is 4.79 Å². The molecule has 7 heteroatoms. The molecule has 0 aliphatic carbocycles. The van der Waals surface area contributed by atoms with Gasteiger partial charge in [-0.15, -0.1) is 0 Å². The molecule has 1 N–H and O–H groups in total. The third kappa shape index (κ3) is 5.94. The predicted molar refractivity (Wildman–Crippen MR) is 140 cm³/mol. The molecule has 0 spiro atoms. The van der Waals surface area contributed by atoms with Gasteiger partial charge in [0.05, 0.1) is 18.7 Å². The number of carbonyl (C=O) groups is 3. The molecule has 2 aromatic carbocycles. The van der Waals surface area contributed by atoms with Crippen LogP contribution in [-0.4, -0.2) is 34.3 Å². The van der Waals surface area contributed by atoms with Crippen molar-refractivity contribution < 1.29 is 19.1 Å². The van der Waals surface area contributed by atoms with E-state index in [-0.39, 0.29) is 30.8 Å². The van der Waals surface area contributed by atoms with Crippen LogP contribution in [0, 0.1) is 6.92 Å². The Balaban J connectivity index is 1.53. The van der Waals surface area contributed by atoms with Crippen LogP contribution in [0.2, 0.25) is 0 Å². The summed E-state index contributed by atoms with van der Waals surface area (Å²) in [7, 11) is 0. The number of allylic oxidation sites excluding steroid dienone is 1. The lowest BCUT2D eigenvalue weighted by molar-refractivity contribution is -0.140. The Bertz CT molecular complexity index is 1320. The standard InChI is InChI=1S/C30H31N3O4/c1-4-37-30(36)28-21(3)33(27(34)16-26(28)25-10-6-5-8-20(25)2)19-22-11-13-24(14-12-22)29(35)32-18-23-9-7-15-31-17-23/h5-15,17,26H,4,16,18-19H2,1-3H3,(H,32,35). The average Bonchev–Trinajstić information content (AvgIpc) is 2.90. The van der Waals surface area contributed by atoms with E-state index in [0.29, 0.717) is 29.9 Å². The van der Waals surface area contributed by atoms with Gasteiger partial charge in [-0.1, -0.05) is 42.5 Å². The Labute approximate surface area is 217 Å². The van der Waals surface area contributed by atoms with Crippen molar-refractivity contribution in [3.8, 4) is 0 Å². The first-order chi connectivity index (χ1) is 17.9. The fourth-order valence-electron chi connectivity index (χ4n) is 4.65. The molecule has 1 aliphatic rings. The van der Waals surface area contributed by atoms with Gasteiger partial charge in [0.15, 0.2) is 0 Å². The van der Waals surface area contributed by atoms with E-state index in [1.807, 2.05) is 55.5 Å². The van der Waals surface area contributed by atoms with Crippen molar-refractivity contribution in [1.82, 2.24) is 15.2 Å². The summed E-state index contributed by atoms with van der Waals surface area (Å²) in [4.78, 5) is 44.6. The molecule has 37 heavy (non-hydrogen) atoms. The molecular formula is C30H31N3O4. The maximum atomic E-state index is 13.3. The SMILES string of the molecule is CCOC(=O)C1=C(C)N(Cc2ccc(C(=O)NCc3cccnc3)cc2)C(=O)CC1c1ccccc1C. The number of benzene rings is 2. The Kier molecular flexibility index (Phi) is 8.13. The molecule has 4 rings (SSSR count). The van der Waals surface area contributed by atoms with Crippen LogP contribution in [0.1, 0.15) is 58.8 Å². The third-order valence-corrected chi connectivity index (χ3v) is 6.61. The highest BCUT2D eigenvalue weighted by atomic mass is 16.5. The van der Waals surface area contributed by atoms with Crippen molar-refractivity contribution in [1.29, 1.82) is 0 Å². The van der Waals surface area contributed by atoms with E-state index in [2.05, 4.69) is 10.3 Å². The minimum absolute atomic E-state index is 0.0582. The van der Waals surface area contributed by atoms with Gasteiger partial charge in [0.1, 0.15) is 0 Å². The number of hydrogen-bond acceptors (Lipinski definition) is 5. The van der Waals surface area contributed by atoms with Gasteiger partial charge >= 0.3 is 5.97 Å². The van der Waals surface area contributed by atoms with E-state index in [1.54, 1.807) is 43.3 Å². The van der Waals surface area contributed by atoms with E-state index in [1.165, 1.54) is 0 Å². The fourth-order valence-corrected chi connectivity index (χ4v) is 4.65. The zero-order chi connectivity index (χ0) is 26.4. The van der Waals surface area contributed by atoms with Gasteiger partial charge in [-0.3, -0.25) is 14.6 Å². The molecule has 1 atom stereocenters. The highest BCUT2D eigenvalue weighted by Gasteiger charge is 2.37. The molecule has 0 saturated carbocycles. The molecule has 1 aromatic heterocycles. The number of ether oxygens (including phenoxy) is 1. The largest absolute Gasteiger partial charge is 0.463 e. The molecule has 0 bridgehead atoms. The van der Waals surface area contributed by atoms with Crippen LogP contribution in [0.5, 0.6) is 0 Å². The van der Waals surface area contributed by atoms with E-state index >= 15 is 0 Å². The van der Waals surface area contributed by atoms with E-state index in [4.69, 9.17) is 4.74 Å². The summed E-state index contributed by atoms with van der Waals surface area (Å²) >= 11 is 0. The van der Waals surface area contributed by atoms with Crippen molar-refractivity contribution >= 4 is 17.8 Å².